The Balaban J connectivity index is 1.26. The quantitative estimate of drug-likeness (QED) is 0.183. The Hall–Kier alpha value is -5.60. The smallest absolute Gasteiger partial charge is 0.137 e. The fourth-order valence-electron chi connectivity index (χ4n) is 9.31. The molecule has 0 unspecified atom stereocenters. The fraction of sp³-hybridized carbons (Fsp3) is 0.184. The van der Waals surface area contributed by atoms with E-state index in [9.17, 15) is 0 Å². The maximum Gasteiger partial charge on any atom is 0.137 e. The van der Waals surface area contributed by atoms with E-state index >= 15 is 0 Å². The third-order valence-electron chi connectivity index (χ3n) is 11.8. The molecule has 248 valence electrons. The van der Waals surface area contributed by atoms with Gasteiger partial charge in [-0.1, -0.05) is 136 Å². The highest BCUT2D eigenvalue weighted by Gasteiger charge is 2.38. The summed E-state index contributed by atoms with van der Waals surface area (Å²) in [5.41, 5.74) is 14.8. The summed E-state index contributed by atoms with van der Waals surface area (Å²) in [5.74, 6) is 0.643. The Morgan fingerprint density at radius 2 is 1.29 bits per heavy atom. The molecule has 1 aromatic heterocycles. The second kappa shape index (κ2) is 11.7. The van der Waals surface area contributed by atoms with E-state index in [4.69, 9.17) is 4.42 Å². The molecular weight excluding hydrogens is 619 g/mol. The number of hydrogen-bond acceptors (Lipinski definition) is 2. The Morgan fingerprint density at radius 3 is 2.14 bits per heavy atom. The Morgan fingerprint density at radius 1 is 0.569 bits per heavy atom. The minimum atomic E-state index is -0.128. The number of rotatable bonds is 5. The van der Waals surface area contributed by atoms with Crippen molar-refractivity contribution in [2.75, 3.05) is 4.90 Å². The first-order chi connectivity index (χ1) is 25.1. The summed E-state index contributed by atoms with van der Waals surface area (Å²) in [5, 5.41) is 4.70. The molecule has 2 aliphatic carbocycles. The molecule has 10 rings (SSSR count). The topological polar surface area (TPSA) is 16.4 Å². The van der Waals surface area contributed by atoms with Crippen molar-refractivity contribution in [3.63, 3.8) is 0 Å². The highest BCUT2D eigenvalue weighted by atomic mass is 16.3. The molecule has 0 saturated heterocycles. The van der Waals surface area contributed by atoms with Gasteiger partial charge in [-0.15, -0.1) is 0 Å². The average molecular weight is 660 g/mol. The highest BCUT2D eigenvalue weighted by Crippen LogP contribution is 2.55. The number of para-hydroxylation sites is 1. The second-order valence-corrected chi connectivity index (χ2v) is 15.1. The molecule has 7 aromatic carbocycles. The summed E-state index contributed by atoms with van der Waals surface area (Å²) in [4.78, 5) is 2.50. The molecule has 0 spiro atoms. The van der Waals surface area contributed by atoms with Crippen LogP contribution in [-0.2, 0) is 5.41 Å². The molecular formula is C49H41NO. The van der Waals surface area contributed by atoms with Gasteiger partial charge in [0.1, 0.15) is 11.2 Å². The molecule has 1 fully saturated rings. The predicted molar refractivity (Wildman–Crippen MR) is 215 cm³/mol. The van der Waals surface area contributed by atoms with Gasteiger partial charge in [-0.05, 0) is 105 Å². The molecule has 0 aliphatic heterocycles. The molecule has 0 radical (unpaired) electrons. The molecule has 1 heterocycles. The zero-order chi connectivity index (χ0) is 34.1. The van der Waals surface area contributed by atoms with E-state index in [2.05, 4.69) is 164 Å². The van der Waals surface area contributed by atoms with E-state index in [0.717, 1.165) is 39.0 Å². The monoisotopic (exact) mass is 659 g/mol. The van der Waals surface area contributed by atoms with Crippen molar-refractivity contribution >= 4 is 49.8 Å². The van der Waals surface area contributed by atoms with Gasteiger partial charge in [-0.2, -0.15) is 0 Å². The van der Waals surface area contributed by atoms with E-state index < -0.39 is 0 Å². The summed E-state index contributed by atoms with van der Waals surface area (Å²) in [6.45, 7) is 4.85. The van der Waals surface area contributed by atoms with Gasteiger partial charge < -0.3 is 9.32 Å². The molecule has 0 atom stereocenters. The van der Waals surface area contributed by atoms with Crippen LogP contribution in [0.5, 0.6) is 0 Å². The summed E-state index contributed by atoms with van der Waals surface area (Å²) < 4.78 is 6.49. The molecule has 0 bridgehead atoms. The van der Waals surface area contributed by atoms with Crippen LogP contribution in [0.4, 0.5) is 17.1 Å². The van der Waals surface area contributed by atoms with Crippen molar-refractivity contribution in [2.24, 2.45) is 0 Å². The van der Waals surface area contributed by atoms with Crippen LogP contribution in [0.1, 0.15) is 68.6 Å². The van der Waals surface area contributed by atoms with E-state index in [1.54, 1.807) is 5.56 Å². The van der Waals surface area contributed by atoms with Crippen molar-refractivity contribution in [2.45, 2.75) is 57.3 Å². The minimum Gasteiger partial charge on any atom is -0.456 e. The van der Waals surface area contributed by atoms with Crippen LogP contribution in [0.15, 0.2) is 150 Å². The number of nitrogens with zero attached hydrogens (tertiary/aromatic N) is 1. The lowest BCUT2D eigenvalue weighted by molar-refractivity contribution is 0.444. The highest BCUT2D eigenvalue weighted by molar-refractivity contribution is 6.14. The van der Waals surface area contributed by atoms with Gasteiger partial charge in [0.05, 0.1) is 16.8 Å². The van der Waals surface area contributed by atoms with Gasteiger partial charge in [0.25, 0.3) is 0 Å². The largest absolute Gasteiger partial charge is 0.456 e. The van der Waals surface area contributed by atoms with Gasteiger partial charge in [-0.3, -0.25) is 0 Å². The molecule has 2 heteroatoms. The lowest BCUT2D eigenvalue weighted by Gasteiger charge is -2.30. The van der Waals surface area contributed by atoms with Crippen LogP contribution < -0.4 is 4.90 Å². The molecule has 51 heavy (non-hydrogen) atoms. The number of benzene rings is 7. The number of furan rings is 1. The summed E-state index contributed by atoms with van der Waals surface area (Å²) in [7, 11) is 0. The second-order valence-electron chi connectivity index (χ2n) is 15.1. The van der Waals surface area contributed by atoms with Crippen LogP contribution in [0, 0.1) is 0 Å². The molecule has 8 aromatic rings. The van der Waals surface area contributed by atoms with Gasteiger partial charge in [0.2, 0.25) is 0 Å². The zero-order valence-electron chi connectivity index (χ0n) is 29.3. The number of fused-ring (bicyclic) bond motifs is 7. The summed E-state index contributed by atoms with van der Waals surface area (Å²) in [6, 6.07) is 53.7. The van der Waals surface area contributed by atoms with Gasteiger partial charge in [0.15, 0.2) is 0 Å². The van der Waals surface area contributed by atoms with Crippen LogP contribution in [0.2, 0.25) is 0 Å². The molecule has 0 N–H and O–H groups in total. The SMILES string of the molecule is CC1(C)c2cc(N(c3cc4ccccc4cc3-c3ccccc3)c3cccc4oc5ccccc5c34)ccc2-c2c(C3CCCCC3)cccc21. The van der Waals surface area contributed by atoms with Crippen molar-refractivity contribution < 1.29 is 4.42 Å². The Bertz CT molecular complexity index is 2600. The Kier molecular flexibility index (Phi) is 6.96. The van der Waals surface area contributed by atoms with E-state index in [0.29, 0.717) is 5.92 Å². The van der Waals surface area contributed by atoms with Gasteiger partial charge >= 0.3 is 0 Å². The third kappa shape index (κ3) is 4.77. The van der Waals surface area contributed by atoms with E-state index in [1.807, 2.05) is 0 Å². The first-order valence-electron chi connectivity index (χ1n) is 18.6. The Labute approximate surface area is 300 Å². The number of hydrogen-bond donors (Lipinski definition) is 0. The fourth-order valence-corrected chi connectivity index (χ4v) is 9.31. The van der Waals surface area contributed by atoms with Crippen LogP contribution in [0.3, 0.4) is 0 Å². The molecule has 0 amide bonds. The van der Waals surface area contributed by atoms with Crippen molar-refractivity contribution in [3.05, 3.63) is 162 Å². The van der Waals surface area contributed by atoms with Gasteiger partial charge in [-0.25, -0.2) is 0 Å². The molecule has 2 aliphatic rings. The van der Waals surface area contributed by atoms with Crippen molar-refractivity contribution in [1.82, 2.24) is 0 Å². The van der Waals surface area contributed by atoms with Gasteiger partial charge in [0, 0.05) is 22.1 Å². The van der Waals surface area contributed by atoms with Crippen molar-refractivity contribution in [1.29, 1.82) is 0 Å². The van der Waals surface area contributed by atoms with Crippen LogP contribution in [0.25, 0.3) is 55.0 Å². The predicted octanol–water partition coefficient (Wildman–Crippen LogP) is 14.2. The minimum absolute atomic E-state index is 0.128. The molecule has 2 nitrogen and oxygen atoms in total. The molecule has 1 saturated carbocycles. The first kappa shape index (κ1) is 30.2. The first-order valence-corrected chi connectivity index (χ1v) is 18.6. The number of anilines is 3. The third-order valence-corrected chi connectivity index (χ3v) is 11.8. The normalized spacial score (nSPS) is 15.3. The lowest BCUT2D eigenvalue weighted by Crippen LogP contribution is -2.17. The lowest BCUT2D eigenvalue weighted by atomic mass is 9.78. The average Bonchev–Trinajstić information content (AvgIpc) is 3.68. The van der Waals surface area contributed by atoms with Crippen LogP contribution >= 0.6 is 0 Å². The zero-order valence-corrected chi connectivity index (χ0v) is 29.3. The van der Waals surface area contributed by atoms with E-state index in [1.165, 1.54) is 76.3 Å². The maximum absolute atomic E-state index is 6.49. The van der Waals surface area contributed by atoms with E-state index in [-0.39, 0.29) is 5.41 Å². The standard InChI is InChI=1S/C49H41NO/c1-49(2)41-23-13-22-37(32-15-5-3-6-16-32)47(41)38-28-27-36(31-42(38)49)50(43-24-14-26-46-48(43)39-21-11-12-25-45(39)51-46)44-30-35-20-10-9-19-34(35)29-40(44)33-17-7-4-8-18-33/h4,7-14,17-32H,3,5-6,15-16H2,1-2H3. The summed E-state index contributed by atoms with van der Waals surface area (Å²) >= 11 is 0. The maximum atomic E-state index is 6.49. The summed E-state index contributed by atoms with van der Waals surface area (Å²) in [6.07, 6.45) is 6.63. The van der Waals surface area contributed by atoms with Crippen molar-refractivity contribution in [3.8, 4) is 22.3 Å². The van der Waals surface area contributed by atoms with Crippen LogP contribution in [-0.4, -0.2) is 0 Å².